The van der Waals surface area contributed by atoms with Crippen molar-refractivity contribution in [2.24, 2.45) is 0 Å². The molecule has 0 radical (unpaired) electrons. The fraction of sp³-hybridized carbons (Fsp3) is 0. The molecule has 52 heavy (non-hydrogen) atoms. The van der Waals surface area contributed by atoms with Crippen LogP contribution in [0.1, 0.15) is 26.3 Å². The largest absolute Gasteiger partial charge is 0.308 e. The Balaban J connectivity index is 1.26. The molecule has 0 N–H and O–H groups in total. The highest BCUT2D eigenvalue weighted by molar-refractivity contribution is 6.36. The summed E-state index contributed by atoms with van der Waals surface area (Å²) in [6, 6.07) is 52.4. The normalized spacial score (nSPS) is 12.2. The Bertz CT molecular complexity index is 2860. The van der Waals surface area contributed by atoms with Crippen LogP contribution in [0, 0.1) is 17.9 Å². The van der Waals surface area contributed by atoms with Gasteiger partial charge in [-0.25, -0.2) is 9.74 Å². The molecule has 2 amide bonds. The molecule has 1 aliphatic heterocycles. The smallest absolute Gasteiger partial charge is 0.268 e. The number of carbonyl (C=O) groups excluding carboxylic acids is 2. The van der Waals surface area contributed by atoms with Gasteiger partial charge >= 0.3 is 0 Å². The Hall–Kier alpha value is -7.54. The lowest BCUT2D eigenvalue weighted by atomic mass is 9.92. The summed E-state index contributed by atoms with van der Waals surface area (Å²) in [7, 11) is 0. The summed E-state index contributed by atoms with van der Waals surface area (Å²) in [5, 5.41) is 11.9. The molecule has 8 aromatic rings. The number of carbonyl (C=O) groups is 2. The maximum atomic E-state index is 14.9. The summed E-state index contributed by atoms with van der Waals surface area (Å²) in [6.07, 6.45) is 0. The van der Waals surface area contributed by atoms with E-state index in [1.165, 1.54) is 4.90 Å². The van der Waals surface area contributed by atoms with Gasteiger partial charge in [-0.05, 0) is 64.2 Å². The maximum absolute atomic E-state index is 14.9. The number of benzene rings is 7. The zero-order valence-electron chi connectivity index (χ0n) is 27.6. The molecule has 9 rings (SSSR count). The van der Waals surface area contributed by atoms with E-state index in [0.29, 0.717) is 39.3 Å². The van der Waals surface area contributed by atoms with Gasteiger partial charge in [-0.3, -0.25) is 9.59 Å². The molecule has 2 heterocycles. The first-order chi connectivity index (χ1) is 25.6. The third-order valence-corrected chi connectivity index (χ3v) is 9.80. The lowest BCUT2D eigenvalue weighted by Gasteiger charge is -2.22. The van der Waals surface area contributed by atoms with Crippen molar-refractivity contribution in [3.05, 3.63) is 186 Å². The van der Waals surface area contributed by atoms with E-state index in [-0.39, 0.29) is 5.91 Å². The number of para-hydroxylation sites is 1. The second-order valence-corrected chi connectivity index (χ2v) is 12.6. The predicted molar refractivity (Wildman–Crippen MR) is 206 cm³/mol. The van der Waals surface area contributed by atoms with Gasteiger partial charge in [0.25, 0.3) is 11.8 Å². The Morgan fingerprint density at radius 2 is 1.19 bits per heavy atom. The van der Waals surface area contributed by atoms with Crippen molar-refractivity contribution in [1.82, 2.24) is 4.57 Å². The van der Waals surface area contributed by atoms with Crippen molar-refractivity contribution in [3.63, 3.8) is 0 Å². The van der Waals surface area contributed by atoms with E-state index >= 15 is 0 Å². The van der Waals surface area contributed by atoms with Crippen LogP contribution in [0.2, 0.25) is 0 Å². The Labute approximate surface area is 299 Å². The van der Waals surface area contributed by atoms with Crippen molar-refractivity contribution < 1.29 is 9.59 Å². The number of amides is 2. The van der Waals surface area contributed by atoms with E-state index in [9.17, 15) is 14.9 Å². The van der Waals surface area contributed by atoms with Gasteiger partial charge in [0.2, 0.25) is 0 Å². The van der Waals surface area contributed by atoms with Crippen molar-refractivity contribution in [2.75, 3.05) is 4.90 Å². The summed E-state index contributed by atoms with van der Waals surface area (Å²) in [5.74, 6) is -0.786. The lowest BCUT2D eigenvalue weighted by molar-refractivity contribution is 0.0926. The molecule has 1 aromatic heterocycles. The number of anilines is 1. The van der Waals surface area contributed by atoms with Crippen LogP contribution in [-0.4, -0.2) is 16.4 Å². The molecular formula is C46H26N4O2. The van der Waals surface area contributed by atoms with Crippen LogP contribution >= 0.6 is 0 Å². The molecule has 1 aliphatic rings. The summed E-state index contributed by atoms with van der Waals surface area (Å²) < 4.78 is 2.04. The molecule has 0 bridgehead atoms. The summed E-state index contributed by atoms with van der Waals surface area (Å²) in [6.45, 7) is 7.41. The van der Waals surface area contributed by atoms with Crippen LogP contribution in [0.25, 0.3) is 65.7 Å². The topological polar surface area (TPSA) is 70.5 Å². The first-order valence-corrected chi connectivity index (χ1v) is 16.8. The Morgan fingerprint density at radius 1 is 0.519 bits per heavy atom. The highest BCUT2D eigenvalue weighted by atomic mass is 16.2. The minimum atomic E-state index is -0.401. The standard InChI is InChI=1S/C46H26N4O2/c1-48-33-23-25-34(32(26-33)28-47)31-22-24-37-36-16-8-9-19-39(36)49(42(37)27-31)41-21-11-18-38-44(41)46(52)50(45(38)51)40-20-10-17-35(29-12-4-2-5-13-29)43(40)30-14-6-3-7-15-30/h2-27H. The van der Waals surface area contributed by atoms with E-state index < -0.39 is 5.91 Å². The molecule has 0 unspecified atom stereocenters. The minimum absolute atomic E-state index is 0.323. The number of rotatable bonds is 5. The van der Waals surface area contributed by atoms with Crippen LogP contribution < -0.4 is 4.90 Å². The number of fused-ring (bicyclic) bond motifs is 4. The quantitative estimate of drug-likeness (QED) is 0.136. The van der Waals surface area contributed by atoms with Crippen molar-refractivity contribution in [3.8, 4) is 45.1 Å². The van der Waals surface area contributed by atoms with E-state index in [4.69, 9.17) is 6.57 Å². The molecule has 6 heteroatoms. The summed E-state index contributed by atoms with van der Waals surface area (Å²) >= 11 is 0. The minimum Gasteiger partial charge on any atom is -0.308 e. The maximum Gasteiger partial charge on any atom is 0.268 e. The summed E-state index contributed by atoms with van der Waals surface area (Å²) in [4.78, 5) is 34.2. The molecule has 0 saturated heterocycles. The first kappa shape index (κ1) is 30.5. The Kier molecular flexibility index (Phi) is 7.10. The van der Waals surface area contributed by atoms with Crippen molar-refractivity contribution in [2.45, 2.75) is 0 Å². The number of imide groups is 1. The molecule has 6 nitrogen and oxygen atoms in total. The molecular weight excluding hydrogens is 641 g/mol. The molecule has 7 aromatic carbocycles. The molecule has 0 saturated carbocycles. The van der Waals surface area contributed by atoms with E-state index in [2.05, 4.69) is 10.9 Å². The second kappa shape index (κ2) is 12.1. The van der Waals surface area contributed by atoms with Gasteiger partial charge in [-0.1, -0.05) is 121 Å². The van der Waals surface area contributed by atoms with Crippen LogP contribution in [-0.2, 0) is 0 Å². The van der Waals surface area contributed by atoms with Crippen LogP contribution in [0.4, 0.5) is 11.4 Å². The summed E-state index contributed by atoms with van der Waals surface area (Å²) in [5.41, 5.74) is 9.33. The third kappa shape index (κ3) is 4.64. The van der Waals surface area contributed by atoms with Gasteiger partial charge in [0.05, 0.1) is 46.2 Å². The van der Waals surface area contributed by atoms with Gasteiger partial charge in [0.1, 0.15) is 0 Å². The average molecular weight is 667 g/mol. The number of nitrogens with zero attached hydrogens (tertiary/aromatic N) is 4. The number of hydrogen-bond donors (Lipinski definition) is 0. The van der Waals surface area contributed by atoms with E-state index in [1.54, 1.807) is 24.3 Å². The molecule has 242 valence electrons. The van der Waals surface area contributed by atoms with Gasteiger partial charge in [-0.15, -0.1) is 0 Å². The lowest BCUT2D eigenvalue weighted by Crippen LogP contribution is -2.30. The fourth-order valence-electron chi connectivity index (χ4n) is 7.51. The third-order valence-electron chi connectivity index (χ3n) is 9.80. The monoisotopic (exact) mass is 666 g/mol. The van der Waals surface area contributed by atoms with Crippen LogP contribution in [0.15, 0.2) is 158 Å². The first-order valence-electron chi connectivity index (χ1n) is 16.8. The zero-order valence-corrected chi connectivity index (χ0v) is 27.6. The number of hydrogen-bond acceptors (Lipinski definition) is 3. The molecule has 0 fully saturated rings. The van der Waals surface area contributed by atoms with E-state index in [1.807, 2.05) is 138 Å². The SMILES string of the molecule is [C-]#[N+]c1ccc(-c2ccc3c4ccccc4n(-c4cccc5c4C(=O)N(c4cccc(-c6ccccc6)c4-c4ccccc4)C5=O)c3c2)c(C#N)c1. The van der Waals surface area contributed by atoms with Crippen molar-refractivity contribution >= 4 is 45.0 Å². The van der Waals surface area contributed by atoms with Crippen molar-refractivity contribution in [1.29, 1.82) is 5.26 Å². The van der Waals surface area contributed by atoms with Crippen LogP contribution in [0.3, 0.4) is 0 Å². The fourth-order valence-corrected chi connectivity index (χ4v) is 7.51. The van der Waals surface area contributed by atoms with Gasteiger partial charge in [0.15, 0.2) is 5.69 Å². The van der Waals surface area contributed by atoms with E-state index in [0.717, 1.165) is 49.6 Å². The van der Waals surface area contributed by atoms with Gasteiger partial charge in [-0.2, -0.15) is 5.26 Å². The van der Waals surface area contributed by atoms with Crippen LogP contribution in [0.5, 0.6) is 0 Å². The highest BCUT2D eigenvalue weighted by Crippen LogP contribution is 2.44. The highest BCUT2D eigenvalue weighted by Gasteiger charge is 2.40. The molecule has 0 spiro atoms. The predicted octanol–water partition coefficient (Wildman–Crippen LogP) is 11.0. The molecule has 0 aliphatic carbocycles. The number of nitriles is 1. The molecule has 0 atom stereocenters. The Morgan fingerprint density at radius 3 is 1.94 bits per heavy atom. The second-order valence-electron chi connectivity index (χ2n) is 12.6. The number of aromatic nitrogens is 1. The van der Waals surface area contributed by atoms with Gasteiger partial charge < -0.3 is 4.57 Å². The average Bonchev–Trinajstić information content (AvgIpc) is 3.67. The zero-order chi connectivity index (χ0) is 35.3. The van der Waals surface area contributed by atoms with Gasteiger partial charge in [0, 0.05) is 21.9 Å².